The summed E-state index contributed by atoms with van der Waals surface area (Å²) in [6.07, 6.45) is 8.52. The van der Waals surface area contributed by atoms with Gasteiger partial charge in [0, 0.05) is 41.3 Å². The van der Waals surface area contributed by atoms with Gasteiger partial charge < -0.3 is 0 Å². The fourth-order valence-corrected chi connectivity index (χ4v) is 4.47. The lowest BCUT2D eigenvalue weighted by molar-refractivity contribution is 0.624. The zero-order chi connectivity index (χ0) is 25.1. The lowest BCUT2D eigenvalue weighted by Crippen LogP contribution is -2.26. The lowest BCUT2D eigenvalue weighted by atomic mass is 10.0. The summed E-state index contributed by atoms with van der Waals surface area (Å²) in [5, 5.41) is 18.7. The third-order valence-corrected chi connectivity index (χ3v) is 6.33. The number of benzene rings is 1. The maximum Gasteiger partial charge on any atom is 0.334 e. The monoisotopic (exact) mass is 483 g/mol. The van der Waals surface area contributed by atoms with Crippen molar-refractivity contribution in [1.82, 2.24) is 44.5 Å². The van der Waals surface area contributed by atoms with Crippen LogP contribution in [0.25, 0.3) is 28.5 Å². The average molecular weight is 484 g/mol. The summed E-state index contributed by atoms with van der Waals surface area (Å²) in [7, 11) is 0. The van der Waals surface area contributed by atoms with E-state index in [-0.39, 0.29) is 5.69 Å². The number of pyridine rings is 1. The molecule has 4 aromatic heterocycles. The maximum absolute atomic E-state index is 13.6. The standard InChI is InChI=1S/C26H29N9O/c1-4-6-9-20-17-34(25-18(3)14-28-35(25)5-2)26(36)33(20)16-19-12-13-23(27-15-19)21-10-7-8-11-22(21)24-29-31-32-30-24/h7-8,10-15,17H,4-6,9,16H2,1-3H3,(H,29,30,31,32). The van der Waals surface area contributed by atoms with Gasteiger partial charge in [-0.2, -0.15) is 5.10 Å². The second-order valence-electron chi connectivity index (χ2n) is 8.78. The van der Waals surface area contributed by atoms with Crippen LogP contribution in [0, 0.1) is 6.92 Å². The van der Waals surface area contributed by atoms with Crippen molar-refractivity contribution < 1.29 is 0 Å². The molecular weight excluding hydrogens is 454 g/mol. The zero-order valence-electron chi connectivity index (χ0n) is 20.7. The summed E-state index contributed by atoms with van der Waals surface area (Å²) in [6.45, 7) is 7.32. The molecule has 0 amide bonds. The Morgan fingerprint density at radius 2 is 1.86 bits per heavy atom. The van der Waals surface area contributed by atoms with Crippen LogP contribution in [-0.2, 0) is 19.5 Å². The number of unbranched alkanes of at least 4 members (excludes halogenated alkanes) is 1. The molecule has 0 aliphatic heterocycles. The second kappa shape index (κ2) is 10.1. The highest BCUT2D eigenvalue weighted by molar-refractivity contribution is 5.78. The second-order valence-corrected chi connectivity index (χ2v) is 8.78. The van der Waals surface area contributed by atoms with Crippen molar-refractivity contribution >= 4 is 0 Å². The molecule has 1 N–H and O–H groups in total. The van der Waals surface area contributed by atoms with E-state index in [1.165, 1.54) is 0 Å². The fourth-order valence-electron chi connectivity index (χ4n) is 4.47. The molecule has 0 unspecified atom stereocenters. The first-order chi connectivity index (χ1) is 17.6. The van der Waals surface area contributed by atoms with Crippen molar-refractivity contribution in [3.63, 3.8) is 0 Å². The minimum atomic E-state index is -0.0633. The molecule has 0 aliphatic carbocycles. The molecule has 0 saturated heterocycles. The van der Waals surface area contributed by atoms with Gasteiger partial charge in [-0.05, 0) is 48.7 Å². The maximum atomic E-state index is 13.6. The molecule has 0 saturated carbocycles. The van der Waals surface area contributed by atoms with Gasteiger partial charge in [0.15, 0.2) is 5.82 Å². The first kappa shape index (κ1) is 23.4. The number of hydrogen-bond acceptors (Lipinski definition) is 6. The summed E-state index contributed by atoms with van der Waals surface area (Å²) >= 11 is 0. The Morgan fingerprint density at radius 1 is 1.03 bits per heavy atom. The molecule has 10 heteroatoms. The third-order valence-electron chi connectivity index (χ3n) is 6.33. The minimum Gasteiger partial charge on any atom is -0.292 e. The number of nitrogens with zero attached hydrogens (tertiary/aromatic N) is 8. The molecule has 5 aromatic rings. The first-order valence-electron chi connectivity index (χ1n) is 12.2. The Labute approximate surface area is 208 Å². The Bertz CT molecular complexity index is 1510. The van der Waals surface area contributed by atoms with Crippen molar-refractivity contribution in [2.75, 3.05) is 0 Å². The lowest BCUT2D eigenvalue weighted by Gasteiger charge is -2.09. The van der Waals surface area contributed by atoms with E-state index in [2.05, 4.69) is 32.6 Å². The Kier molecular flexibility index (Phi) is 6.57. The number of H-pyrrole nitrogens is 1. The highest BCUT2D eigenvalue weighted by Gasteiger charge is 2.18. The van der Waals surface area contributed by atoms with Crippen LogP contribution in [0.2, 0.25) is 0 Å². The van der Waals surface area contributed by atoms with Crippen LogP contribution in [0.4, 0.5) is 0 Å². The van der Waals surface area contributed by atoms with E-state index in [1.54, 1.807) is 4.57 Å². The van der Waals surface area contributed by atoms with Crippen LogP contribution in [-0.4, -0.2) is 44.5 Å². The van der Waals surface area contributed by atoms with E-state index >= 15 is 0 Å². The van der Waals surface area contributed by atoms with Crippen LogP contribution in [0.15, 0.2) is 59.8 Å². The van der Waals surface area contributed by atoms with Gasteiger partial charge >= 0.3 is 5.69 Å². The molecule has 0 aliphatic rings. The molecule has 184 valence electrons. The topological polar surface area (TPSA) is 112 Å². The van der Waals surface area contributed by atoms with Gasteiger partial charge in [0.05, 0.1) is 18.4 Å². The quantitative estimate of drug-likeness (QED) is 0.341. The average Bonchev–Trinajstić information content (AvgIpc) is 3.64. The van der Waals surface area contributed by atoms with Gasteiger partial charge in [0.25, 0.3) is 0 Å². The molecule has 0 fully saturated rings. The summed E-state index contributed by atoms with van der Waals surface area (Å²) < 4.78 is 5.45. The van der Waals surface area contributed by atoms with Crippen molar-refractivity contribution in [2.24, 2.45) is 0 Å². The van der Waals surface area contributed by atoms with Gasteiger partial charge in [0.2, 0.25) is 0 Å². The van der Waals surface area contributed by atoms with Gasteiger partial charge in [-0.3, -0.25) is 14.1 Å². The molecule has 10 nitrogen and oxygen atoms in total. The van der Waals surface area contributed by atoms with E-state index in [9.17, 15) is 4.79 Å². The molecule has 1 aromatic carbocycles. The molecule has 0 atom stereocenters. The summed E-state index contributed by atoms with van der Waals surface area (Å²) in [5.74, 6) is 1.41. The number of imidazole rings is 1. The number of tetrazole rings is 1. The summed E-state index contributed by atoms with van der Waals surface area (Å²) in [4.78, 5) is 18.3. The molecule has 0 bridgehead atoms. The molecule has 0 radical (unpaired) electrons. The Balaban J connectivity index is 1.48. The van der Waals surface area contributed by atoms with Crippen LogP contribution in [0.5, 0.6) is 0 Å². The van der Waals surface area contributed by atoms with Crippen LogP contribution < -0.4 is 5.69 Å². The van der Waals surface area contributed by atoms with Crippen molar-refractivity contribution in [2.45, 2.75) is 53.1 Å². The van der Waals surface area contributed by atoms with E-state index in [0.29, 0.717) is 18.9 Å². The SMILES string of the molecule is CCCCc1cn(-c2c(C)cnn2CC)c(=O)n1Cc1ccc(-c2ccccc2-c2nnn[nH]2)nc1. The zero-order valence-corrected chi connectivity index (χ0v) is 20.7. The van der Waals surface area contributed by atoms with E-state index in [0.717, 1.165) is 58.7 Å². The van der Waals surface area contributed by atoms with E-state index in [4.69, 9.17) is 4.98 Å². The molecular formula is C26H29N9O. The first-order valence-corrected chi connectivity index (χ1v) is 12.2. The van der Waals surface area contributed by atoms with Crippen LogP contribution >= 0.6 is 0 Å². The van der Waals surface area contributed by atoms with Crippen molar-refractivity contribution in [3.05, 3.63) is 82.3 Å². The number of rotatable bonds is 9. The number of aromatic nitrogens is 9. The smallest absolute Gasteiger partial charge is 0.292 e. The summed E-state index contributed by atoms with van der Waals surface area (Å²) in [5.41, 5.74) is 5.49. The van der Waals surface area contributed by atoms with E-state index in [1.807, 2.05) is 78.1 Å². The number of hydrogen-bond donors (Lipinski definition) is 1. The van der Waals surface area contributed by atoms with Crippen molar-refractivity contribution in [1.29, 1.82) is 0 Å². The Morgan fingerprint density at radius 3 is 2.56 bits per heavy atom. The Hall–Kier alpha value is -4.34. The highest BCUT2D eigenvalue weighted by atomic mass is 16.1. The highest BCUT2D eigenvalue weighted by Crippen LogP contribution is 2.28. The summed E-state index contributed by atoms with van der Waals surface area (Å²) in [6, 6.07) is 11.8. The van der Waals surface area contributed by atoms with E-state index < -0.39 is 0 Å². The van der Waals surface area contributed by atoms with Crippen LogP contribution in [0.1, 0.15) is 43.5 Å². The van der Waals surface area contributed by atoms with Gasteiger partial charge in [-0.1, -0.05) is 43.7 Å². The van der Waals surface area contributed by atoms with Crippen molar-refractivity contribution in [3.8, 4) is 28.5 Å². The third kappa shape index (κ3) is 4.37. The van der Waals surface area contributed by atoms with Gasteiger partial charge in [-0.25, -0.2) is 14.6 Å². The predicted molar refractivity (Wildman–Crippen MR) is 137 cm³/mol. The fraction of sp³-hybridized carbons (Fsp3) is 0.308. The van der Waals surface area contributed by atoms with Gasteiger partial charge in [0.1, 0.15) is 5.82 Å². The van der Waals surface area contributed by atoms with Crippen LogP contribution in [0.3, 0.4) is 0 Å². The largest absolute Gasteiger partial charge is 0.334 e. The normalized spacial score (nSPS) is 11.3. The number of aromatic amines is 1. The molecule has 4 heterocycles. The molecule has 36 heavy (non-hydrogen) atoms. The number of aryl methyl sites for hydroxylation is 3. The molecule has 5 rings (SSSR count). The number of nitrogens with one attached hydrogen (secondary N) is 1. The van der Waals surface area contributed by atoms with Gasteiger partial charge in [-0.15, -0.1) is 5.10 Å². The predicted octanol–water partition coefficient (Wildman–Crippen LogP) is 3.80. The minimum absolute atomic E-state index is 0.0633. The molecule has 0 spiro atoms.